The van der Waals surface area contributed by atoms with Crippen LogP contribution in [-0.4, -0.2) is 48.1 Å². The van der Waals surface area contributed by atoms with Crippen LogP contribution < -0.4 is 0 Å². The van der Waals surface area contributed by atoms with E-state index >= 15 is 0 Å². The predicted molar refractivity (Wildman–Crippen MR) is 121 cm³/mol. The fraction of sp³-hybridized carbons (Fsp3) is 1.00. The van der Waals surface area contributed by atoms with Crippen LogP contribution in [0.1, 0.15) is 111 Å². The average Bonchev–Trinajstić information content (AvgIpc) is 2.62. The third kappa shape index (κ3) is 28.6. The van der Waals surface area contributed by atoms with E-state index in [1.165, 1.54) is 94.6 Å². The fourth-order valence-corrected chi connectivity index (χ4v) is 3.31. The van der Waals surface area contributed by atoms with Gasteiger partial charge in [-0.3, -0.25) is 0 Å². The van der Waals surface area contributed by atoms with E-state index in [9.17, 15) is 0 Å². The lowest BCUT2D eigenvalue weighted by atomic mass is 10.1. The summed E-state index contributed by atoms with van der Waals surface area (Å²) in [5, 5.41) is 0. The molecule has 0 amide bonds. The smallest absolute Gasteiger partial charge is 0.327 e. The maximum absolute atomic E-state index is 8.18. The van der Waals surface area contributed by atoms with Crippen molar-refractivity contribution in [3.8, 4) is 0 Å². The summed E-state index contributed by atoms with van der Waals surface area (Å²) in [6.07, 6.45) is 19.1. The highest BCUT2D eigenvalue weighted by Gasteiger charge is 2.12. The molecule has 0 heterocycles. The Morgan fingerprint density at radius 3 is 1.44 bits per heavy atom. The molecule has 0 aliphatic carbocycles. The Hall–Kier alpha value is 0.270. The molecule has 0 aliphatic rings. The Morgan fingerprint density at radius 2 is 1.00 bits per heavy atom. The zero-order valence-electron chi connectivity index (χ0n) is 19.2. The average molecular weight is 409 g/mol. The van der Waals surface area contributed by atoms with E-state index in [1.807, 2.05) is 6.92 Å². The van der Waals surface area contributed by atoms with Crippen LogP contribution in [0.2, 0.25) is 0 Å². The molecule has 0 aromatic rings. The van der Waals surface area contributed by atoms with Crippen LogP contribution in [0.25, 0.3) is 0 Å². The normalized spacial score (nSPS) is 11.6. The van der Waals surface area contributed by atoms with E-state index in [1.54, 1.807) is 0 Å². The summed E-state index contributed by atoms with van der Waals surface area (Å²) < 4.78 is 5.69. The minimum atomic E-state index is -2.11. The van der Waals surface area contributed by atoms with Gasteiger partial charge in [-0.25, -0.2) is 0 Å². The largest absolute Gasteiger partial charge is 0.328 e. The molecule has 0 aromatic heterocycles. The molecule has 0 aliphatic heterocycles. The van der Waals surface area contributed by atoms with E-state index in [0.29, 0.717) is 6.61 Å². The number of nitrogens with zero attached hydrogens (tertiary/aromatic N) is 1. The van der Waals surface area contributed by atoms with Gasteiger partial charge in [0.1, 0.15) is 0 Å². The van der Waals surface area contributed by atoms with Crippen molar-refractivity contribution < 1.29 is 18.8 Å². The number of rotatable bonds is 18. The van der Waals surface area contributed by atoms with Crippen LogP contribution in [0, 0.1) is 0 Å². The lowest BCUT2D eigenvalue weighted by Crippen LogP contribution is -2.41. The van der Waals surface area contributed by atoms with Gasteiger partial charge >= 0.3 is 8.60 Å². The predicted octanol–water partition coefficient (Wildman–Crippen LogP) is 6.80. The zero-order valence-corrected chi connectivity index (χ0v) is 20.1. The molecular formula is C22H51NO3P+. The first-order chi connectivity index (χ1) is 12.9. The van der Waals surface area contributed by atoms with Crippen molar-refractivity contribution in [3.05, 3.63) is 0 Å². The third-order valence-electron chi connectivity index (χ3n) is 4.94. The van der Waals surface area contributed by atoms with Crippen molar-refractivity contribution >= 4 is 8.60 Å². The lowest BCUT2D eigenvalue weighted by Gasteiger charge is -2.29. The van der Waals surface area contributed by atoms with Gasteiger partial charge in [0.15, 0.2) is 0 Å². The molecule has 0 saturated heterocycles. The molecule has 0 saturated carbocycles. The summed E-state index contributed by atoms with van der Waals surface area (Å²) in [5.41, 5.74) is 0. The number of hydrogen-bond acceptors (Lipinski definition) is 3. The second-order valence-corrected chi connectivity index (χ2v) is 9.12. The summed E-state index contributed by atoms with van der Waals surface area (Å²) in [5.74, 6) is 0. The molecule has 0 rings (SSSR count). The summed E-state index contributed by atoms with van der Waals surface area (Å²) in [6, 6.07) is 0. The van der Waals surface area contributed by atoms with Crippen molar-refractivity contribution in [1.29, 1.82) is 0 Å². The Kier molecular flexibility index (Phi) is 24.6. The molecule has 0 spiro atoms. The van der Waals surface area contributed by atoms with Crippen LogP contribution in [0.4, 0.5) is 0 Å². The first-order valence-corrected chi connectivity index (χ1v) is 12.7. The Labute approximate surface area is 172 Å². The van der Waals surface area contributed by atoms with Crippen LogP contribution in [0.3, 0.4) is 0 Å². The topological polar surface area (TPSA) is 49.7 Å². The molecule has 0 unspecified atom stereocenters. The maximum Gasteiger partial charge on any atom is 0.327 e. The molecule has 0 radical (unpaired) electrons. The third-order valence-corrected chi connectivity index (χ3v) is 5.35. The first kappa shape index (κ1) is 29.5. The molecule has 4 nitrogen and oxygen atoms in total. The van der Waals surface area contributed by atoms with Crippen LogP contribution >= 0.6 is 8.60 Å². The van der Waals surface area contributed by atoms with Crippen LogP contribution in [0.5, 0.6) is 0 Å². The van der Waals surface area contributed by atoms with Crippen molar-refractivity contribution in [2.75, 3.05) is 33.8 Å². The molecule has 27 heavy (non-hydrogen) atoms. The van der Waals surface area contributed by atoms with Gasteiger partial charge in [0.25, 0.3) is 0 Å². The molecule has 0 fully saturated rings. The van der Waals surface area contributed by atoms with Gasteiger partial charge < -0.3 is 18.8 Å². The van der Waals surface area contributed by atoms with Crippen LogP contribution in [-0.2, 0) is 4.52 Å². The van der Waals surface area contributed by atoms with Crippen molar-refractivity contribution in [2.24, 2.45) is 0 Å². The summed E-state index contributed by atoms with van der Waals surface area (Å²) in [6.45, 7) is 9.78. The molecule has 0 aromatic carbocycles. The standard InChI is InChI=1S/C18H40N.C4H11O3P/c1-5-7-9-10-11-12-13-14-15-16-18-19(3,4)17-8-6-2;1-2-3-4-7-8(5)6/h5-18H2,1-4H3;5-6H,2-4H2,1H3/q+1;. The van der Waals surface area contributed by atoms with E-state index in [0.717, 1.165) is 12.8 Å². The molecule has 0 bridgehead atoms. The summed E-state index contributed by atoms with van der Waals surface area (Å²) >= 11 is 0. The Bertz CT molecular complexity index is 276. The fourth-order valence-electron chi connectivity index (χ4n) is 3.02. The number of quaternary nitrogens is 1. The van der Waals surface area contributed by atoms with Gasteiger partial charge in [-0.1, -0.05) is 85.0 Å². The van der Waals surface area contributed by atoms with Gasteiger partial charge in [-0.05, 0) is 25.7 Å². The van der Waals surface area contributed by atoms with E-state index in [-0.39, 0.29) is 0 Å². The second-order valence-electron chi connectivity index (χ2n) is 8.36. The SMILES string of the molecule is CCCCCCCCCCCC[N+](C)(C)CCCC.CCCCOP(O)O. The zero-order chi connectivity index (χ0) is 20.8. The van der Waals surface area contributed by atoms with Gasteiger partial charge in [-0.2, -0.15) is 0 Å². The minimum Gasteiger partial charge on any atom is -0.328 e. The molecule has 2 N–H and O–H groups in total. The highest BCUT2D eigenvalue weighted by atomic mass is 31.2. The quantitative estimate of drug-likeness (QED) is 0.149. The first-order valence-electron chi connectivity index (χ1n) is 11.5. The molecule has 5 heteroatoms. The summed E-state index contributed by atoms with van der Waals surface area (Å²) in [4.78, 5) is 16.4. The molecule has 0 atom stereocenters. The Balaban J connectivity index is 0. The Morgan fingerprint density at radius 1 is 0.593 bits per heavy atom. The van der Waals surface area contributed by atoms with E-state index < -0.39 is 8.60 Å². The van der Waals surface area contributed by atoms with Crippen molar-refractivity contribution in [2.45, 2.75) is 111 Å². The number of hydrogen-bond donors (Lipinski definition) is 2. The van der Waals surface area contributed by atoms with Crippen molar-refractivity contribution in [1.82, 2.24) is 0 Å². The second kappa shape index (κ2) is 22.6. The molecule has 166 valence electrons. The van der Waals surface area contributed by atoms with E-state index in [4.69, 9.17) is 9.79 Å². The van der Waals surface area contributed by atoms with Gasteiger partial charge in [-0.15, -0.1) is 0 Å². The van der Waals surface area contributed by atoms with Gasteiger partial charge in [0.2, 0.25) is 0 Å². The van der Waals surface area contributed by atoms with Gasteiger partial charge in [0.05, 0.1) is 33.8 Å². The monoisotopic (exact) mass is 408 g/mol. The highest BCUT2D eigenvalue weighted by Crippen LogP contribution is 2.24. The lowest BCUT2D eigenvalue weighted by molar-refractivity contribution is -0.890. The maximum atomic E-state index is 8.18. The molecular weight excluding hydrogens is 357 g/mol. The minimum absolute atomic E-state index is 0.454. The van der Waals surface area contributed by atoms with E-state index in [2.05, 4.69) is 32.5 Å². The highest BCUT2D eigenvalue weighted by molar-refractivity contribution is 7.39. The van der Waals surface area contributed by atoms with Crippen molar-refractivity contribution in [3.63, 3.8) is 0 Å². The van der Waals surface area contributed by atoms with Crippen LogP contribution in [0.15, 0.2) is 0 Å². The number of unbranched alkanes of at least 4 members (excludes halogenated alkanes) is 11. The van der Waals surface area contributed by atoms with Gasteiger partial charge in [0, 0.05) is 0 Å². The summed E-state index contributed by atoms with van der Waals surface area (Å²) in [7, 11) is 2.67.